The predicted molar refractivity (Wildman–Crippen MR) is 290 cm³/mol. The summed E-state index contributed by atoms with van der Waals surface area (Å²) in [5.41, 5.74) is 16.1. The highest BCUT2D eigenvalue weighted by molar-refractivity contribution is 7.99. The van der Waals surface area contributed by atoms with E-state index in [1.54, 1.807) is 0 Å². The van der Waals surface area contributed by atoms with E-state index in [-0.39, 0.29) is 0 Å². The van der Waals surface area contributed by atoms with Crippen LogP contribution in [-0.4, -0.2) is 28.7 Å². The maximum Gasteiger partial charge on any atom is 0.140 e. The van der Waals surface area contributed by atoms with Crippen molar-refractivity contribution in [3.05, 3.63) is 253 Å². The van der Waals surface area contributed by atoms with Crippen LogP contribution in [0.3, 0.4) is 0 Å². The van der Waals surface area contributed by atoms with Gasteiger partial charge < -0.3 is 4.57 Å². The summed E-state index contributed by atoms with van der Waals surface area (Å²) in [5, 5.41) is 7.24. The molecule has 14 aromatic rings. The second-order valence-corrected chi connectivity index (χ2v) is 19.8. The van der Waals surface area contributed by atoms with Gasteiger partial charge in [0.25, 0.3) is 0 Å². The Hall–Kier alpha value is -9.04. The molecule has 0 saturated heterocycles. The molecular formula is C64H38N6S. The molecule has 1 atom stereocenters. The number of nitrogens with zero attached hydrogens (tertiary/aromatic N) is 6. The smallest absolute Gasteiger partial charge is 0.140 e. The van der Waals surface area contributed by atoms with Gasteiger partial charge in [0.2, 0.25) is 0 Å². The highest BCUT2D eigenvalue weighted by Gasteiger charge is 2.52. The van der Waals surface area contributed by atoms with Gasteiger partial charge in [-0.1, -0.05) is 145 Å². The minimum Gasteiger partial charge on any atom is -0.308 e. The Morgan fingerprint density at radius 2 is 0.831 bits per heavy atom. The standard InChI is InChI=1S/C64H38N6S/c1-7-22-52-42(15-1)43-16-2-8-23-53(43)68(52)41-37-51-63(66-38-41)62-49(21-14-34-65-62)64(51)48-20-6-12-27-58(48)71-59-33-31-40(36-50(59)64)39-30-32-57-47(35-39)46-19-5-11-26-56(46)70(57)61-29-13-28-60(67-61)69-54-24-9-3-17-44(54)45-18-4-10-25-55(45)69/h1-38H. The van der Waals surface area contributed by atoms with Crippen molar-refractivity contribution >= 4 is 77.2 Å². The first-order valence-corrected chi connectivity index (χ1v) is 24.9. The van der Waals surface area contributed by atoms with Gasteiger partial charge in [0, 0.05) is 53.9 Å². The van der Waals surface area contributed by atoms with Crippen LogP contribution in [0.15, 0.2) is 241 Å². The summed E-state index contributed by atoms with van der Waals surface area (Å²) in [4.78, 5) is 18.4. The molecule has 0 bridgehead atoms. The molecule has 7 heterocycles. The third kappa shape index (κ3) is 5.25. The summed E-state index contributed by atoms with van der Waals surface area (Å²) >= 11 is 1.85. The van der Waals surface area contributed by atoms with Gasteiger partial charge in [0.1, 0.15) is 11.6 Å². The van der Waals surface area contributed by atoms with Crippen LogP contribution in [0.2, 0.25) is 0 Å². The lowest BCUT2D eigenvalue weighted by molar-refractivity contribution is 0.719. The fraction of sp³-hybridized carbons (Fsp3) is 0.0156. The molecule has 0 fully saturated rings. The lowest BCUT2D eigenvalue weighted by Gasteiger charge is -2.39. The van der Waals surface area contributed by atoms with Crippen LogP contribution in [0.1, 0.15) is 22.3 Å². The molecule has 8 aromatic carbocycles. The molecule has 6 nitrogen and oxygen atoms in total. The zero-order valence-electron chi connectivity index (χ0n) is 38.0. The van der Waals surface area contributed by atoms with Crippen molar-refractivity contribution in [3.63, 3.8) is 0 Å². The maximum atomic E-state index is 5.45. The molecule has 1 aliphatic carbocycles. The summed E-state index contributed by atoms with van der Waals surface area (Å²) in [6, 6.07) is 79.5. The average Bonchev–Trinajstić information content (AvgIpc) is 4.15. The molecular weight excluding hydrogens is 885 g/mol. The largest absolute Gasteiger partial charge is 0.308 e. The highest BCUT2D eigenvalue weighted by atomic mass is 32.2. The van der Waals surface area contributed by atoms with Gasteiger partial charge in [0.05, 0.1) is 61.8 Å². The highest BCUT2D eigenvalue weighted by Crippen LogP contribution is 2.62. The minimum atomic E-state index is -0.679. The van der Waals surface area contributed by atoms with E-state index in [0.29, 0.717) is 0 Å². The normalized spacial score (nSPS) is 14.8. The van der Waals surface area contributed by atoms with Gasteiger partial charge in [-0.05, 0) is 113 Å². The lowest BCUT2D eigenvalue weighted by Crippen LogP contribution is -2.32. The Balaban J connectivity index is 0.893. The van der Waals surface area contributed by atoms with Gasteiger partial charge >= 0.3 is 0 Å². The lowest BCUT2D eigenvalue weighted by atomic mass is 9.67. The summed E-state index contributed by atoms with van der Waals surface area (Å²) in [6.07, 6.45) is 3.95. The van der Waals surface area contributed by atoms with E-state index in [1.165, 1.54) is 53.2 Å². The summed E-state index contributed by atoms with van der Waals surface area (Å²) in [5.74, 6) is 1.75. The molecule has 0 saturated carbocycles. The van der Waals surface area contributed by atoms with E-state index in [1.807, 2.05) is 24.2 Å². The van der Waals surface area contributed by atoms with Gasteiger partial charge in [-0.25, -0.2) is 4.98 Å². The number of rotatable bonds is 4. The number of hydrogen-bond acceptors (Lipinski definition) is 4. The summed E-state index contributed by atoms with van der Waals surface area (Å²) in [7, 11) is 0. The molecule has 2 aliphatic rings. The van der Waals surface area contributed by atoms with Crippen LogP contribution in [0.25, 0.3) is 105 Å². The number of fused-ring (bicyclic) bond motifs is 18. The van der Waals surface area contributed by atoms with Crippen LogP contribution in [-0.2, 0) is 5.41 Å². The van der Waals surface area contributed by atoms with E-state index < -0.39 is 5.41 Å². The Bertz CT molecular complexity index is 4490. The molecule has 6 aromatic heterocycles. The molecule has 0 N–H and O–H groups in total. The van der Waals surface area contributed by atoms with Gasteiger partial charge in [0.15, 0.2) is 0 Å². The number of hydrogen-bond donors (Lipinski definition) is 0. The van der Waals surface area contributed by atoms with Crippen LogP contribution < -0.4 is 0 Å². The Labute approximate surface area is 411 Å². The second-order valence-electron chi connectivity index (χ2n) is 18.7. The maximum absolute atomic E-state index is 5.45. The fourth-order valence-electron chi connectivity index (χ4n) is 12.3. The first-order valence-electron chi connectivity index (χ1n) is 24.1. The molecule has 16 rings (SSSR count). The number of benzene rings is 8. The van der Waals surface area contributed by atoms with E-state index in [0.717, 1.165) is 84.1 Å². The number of para-hydroxylation sites is 5. The van der Waals surface area contributed by atoms with Crippen LogP contribution >= 0.6 is 11.8 Å². The molecule has 0 amide bonds. The van der Waals surface area contributed by atoms with E-state index in [2.05, 4.69) is 232 Å². The monoisotopic (exact) mass is 922 g/mol. The van der Waals surface area contributed by atoms with Crippen LogP contribution in [0.5, 0.6) is 0 Å². The minimum absolute atomic E-state index is 0.679. The quantitative estimate of drug-likeness (QED) is 0.176. The molecule has 1 aliphatic heterocycles. The molecule has 1 unspecified atom stereocenters. The third-order valence-corrected chi connectivity index (χ3v) is 16.4. The Kier molecular flexibility index (Phi) is 7.94. The second kappa shape index (κ2) is 14.5. The van der Waals surface area contributed by atoms with Gasteiger partial charge in [-0.15, -0.1) is 0 Å². The SMILES string of the molecule is c1cc(-n2c3ccccc3c3ccccc32)nc(-n2c3ccccc3c3cc(-c4ccc5c(c4)C4(c6ccccc6S5)c5cccnc5-c5ncc(-n6c7ccccc7c7ccccc76)cc54)ccc32)c1. The van der Waals surface area contributed by atoms with Crippen LogP contribution in [0, 0.1) is 0 Å². The number of aromatic nitrogens is 6. The first kappa shape index (κ1) is 38.9. The topological polar surface area (TPSA) is 53.5 Å². The van der Waals surface area contributed by atoms with E-state index in [4.69, 9.17) is 15.0 Å². The third-order valence-electron chi connectivity index (χ3n) is 15.2. The van der Waals surface area contributed by atoms with Crippen molar-refractivity contribution in [2.24, 2.45) is 0 Å². The van der Waals surface area contributed by atoms with Crippen LogP contribution in [0.4, 0.5) is 0 Å². The molecule has 330 valence electrons. The predicted octanol–water partition coefficient (Wildman–Crippen LogP) is 15.7. The zero-order valence-corrected chi connectivity index (χ0v) is 38.8. The first-order chi connectivity index (χ1) is 35.2. The van der Waals surface area contributed by atoms with Gasteiger partial charge in [-0.3, -0.25) is 19.1 Å². The van der Waals surface area contributed by atoms with Crippen molar-refractivity contribution in [2.75, 3.05) is 0 Å². The molecule has 1 spiro atoms. The fourth-order valence-corrected chi connectivity index (χ4v) is 13.5. The number of pyridine rings is 3. The summed E-state index contributed by atoms with van der Waals surface area (Å²) in [6.45, 7) is 0. The molecule has 7 heteroatoms. The molecule has 0 radical (unpaired) electrons. The van der Waals surface area contributed by atoms with Crippen molar-refractivity contribution in [1.29, 1.82) is 0 Å². The Morgan fingerprint density at radius 3 is 1.48 bits per heavy atom. The average molecular weight is 923 g/mol. The van der Waals surface area contributed by atoms with Crippen molar-refractivity contribution in [2.45, 2.75) is 15.2 Å². The zero-order chi connectivity index (χ0) is 46.4. The van der Waals surface area contributed by atoms with Crippen molar-refractivity contribution < 1.29 is 0 Å². The van der Waals surface area contributed by atoms with Crippen molar-refractivity contribution in [1.82, 2.24) is 28.7 Å². The summed E-state index contributed by atoms with van der Waals surface area (Å²) < 4.78 is 6.99. The van der Waals surface area contributed by atoms with Gasteiger partial charge in [-0.2, -0.15) is 0 Å². The molecule has 71 heavy (non-hydrogen) atoms. The van der Waals surface area contributed by atoms with Crippen molar-refractivity contribution in [3.8, 4) is 39.8 Å². The Morgan fingerprint density at radius 1 is 0.338 bits per heavy atom. The van der Waals surface area contributed by atoms with E-state index in [9.17, 15) is 0 Å². The van der Waals surface area contributed by atoms with E-state index >= 15 is 0 Å².